The van der Waals surface area contributed by atoms with Crippen LogP contribution < -0.4 is 10.1 Å². The molecule has 0 aliphatic heterocycles. The van der Waals surface area contributed by atoms with Crippen molar-refractivity contribution in [1.82, 2.24) is 5.32 Å². The largest absolute Gasteiger partial charge is 0.496 e. The van der Waals surface area contributed by atoms with Gasteiger partial charge >= 0.3 is 11.9 Å². The number of benzene rings is 1. The minimum absolute atomic E-state index is 0.389. The first kappa shape index (κ1) is 15.0. The summed E-state index contributed by atoms with van der Waals surface area (Å²) in [7, 11) is 2.82. The Hall–Kier alpha value is -2.04. The average Bonchev–Trinajstić information content (AvgIpc) is 2.40. The molecule has 0 spiro atoms. The number of aryl methyl sites for hydroxylation is 2. The number of rotatable bonds is 4. The molecule has 0 heterocycles. The zero-order valence-corrected chi connectivity index (χ0v) is 11.7. The summed E-state index contributed by atoms with van der Waals surface area (Å²) < 4.78 is 9.56. The van der Waals surface area contributed by atoms with Crippen molar-refractivity contribution in [1.29, 1.82) is 0 Å². The van der Waals surface area contributed by atoms with Crippen molar-refractivity contribution in [2.24, 2.45) is 0 Å². The second-order valence-corrected chi connectivity index (χ2v) is 4.25. The molecule has 1 N–H and O–H groups in total. The van der Waals surface area contributed by atoms with Gasteiger partial charge in [0.15, 0.2) is 0 Å². The van der Waals surface area contributed by atoms with Crippen molar-refractivity contribution in [3.8, 4) is 5.75 Å². The lowest BCUT2D eigenvalue weighted by Gasteiger charge is -2.11. The van der Waals surface area contributed by atoms with Gasteiger partial charge in [0.2, 0.25) is 0 Å². The third kappa shape index (κ3) is 3.98. The molecule has 1 aromatic carbocycles. The van der Waals surface area contributed by atoms with Crippen LogP contribution in [0.2, 0.25) is 0 Å². The van der Waals surface area contributed by atoms with Crippen molar-refractivity contribution in [2.75, 3.05) is 20.8 Å². The highest BCUT2D eigenvalue weighted by molar-refractivity contribution is 6.32. The Morgan fingerprint density at radius 3 is 2.42 bits per heavy atom. The van der Waals surface area contributed by atoms with Gasteiger partial charge in [-0.1, -0.05) is 6.07 Å². The molecule has 0 radical (unpaired) electrons. The molecule has 0 aliphatic rings. The zero-order chi connectivity index (χ0) is 14.4. The number of ether oxygens (including phenoxy) is 2. The van der Waals surface area contributed by atoms with Gasteiger partial charge in [-0.3, -0.25) is 4.79 Å². The van der Waals surface area contributed by atoms with Crippen LogP contribution in [-0.2, 0) is 20.7 Å². The van der Waals surface area contributed by atoms with Gasteiger partial charge in [0.1, 0.15) is 5.75 Å². The number of nitrogens with one attached hydrogen (secondary N) is 1. The summed E-state index contributed by atoms with van der Waals surface area (Å²) in [5.41, 5.74) is 3.25. The van der Waals surface area contributed by atoms with Gasteiger partial charge in [-0.05, 0) is 43.0 Å². The number of carbonyl (C=O) groups excluding carboxylic acids is 2. The molecule has 0 saturated heterocycles. The lowest BCUT2D eigenvalue weighted by Crippen LogP contribution is -2.33. The SMILES string of the molecule is COC(=O)C(=O)NCCc1cc(C)c(OC)cc1C. The molecule has 1 amide bonds. The van der Waals surface area contributed by atoms with E-state index in [-0.39, 0.29) is 0 Å². The first-order chi connectivity index (χ1) is 8.99. The summed E-state index contributed by atoms with van der Waals surface area (Å²) >= 11 is 0. The smallest absolute Gasteiger partial charge is 0.396 e. The van der Waals surface area contributed by atoms with E-state index in [4.69, 9.17) is 4.74 Å². The average molecular weight is 265 g/mol. The fourth-order valence-corrected chi connectivity index (χ4v) is 1.81. The third-order valence-electron chi connectivity index (χ3n) is 2.90. The highest BCUT2D eigenvalue weighted by Gasteiger charge is 2.12. The Morgan fingerprint density at radius 1 is 1.16 bits per heavy atom. The quantitative estimate of drug-likeness (QED) is 0.655. The first-order valence-corrected chi connectivity index (χ1v) is 5.99. The third-order valence-corrected chi connectivity index (χ3v) is 2.90. The standard InChI is InChI=1S/C14H19NO4/c1-9-8-12(18-3)10(2)7-11(9)5-6-15-13(16)14(17)19-4/h7-8H,5-6H2,1-4H3,(H,15,16). The van der Waals surface area contributed by atoms with Gasteiger partial charge in [-0.15, -0.1) is 0 Å². The van der Waals surface area contributed by atoms with Crippen molar-refractivity contribution in [2.45, 2.75) is 20.3 Å². The number of hydrogen-bond acceptors (Lipinski definition) is 4. The molecule has 19 heavy (non-hydrogen) atoms. The molecule has 0 aliphatic carbocycles. The van der Waals surface area contributed by atoms with Gasteiger partial charge in [-0.2, -0.15) is 0 Å². The van der Waals surface area contributed by atoms with Crippen molar-refractivity contribution in [3.05, 3.63) is 28.8 Å². The van der Waals surface area contributed by atoms with Crippen LogP contribution in [0.25, 0.3) is 0 Å². The molecule has 104 valence electrons. The van der Waals surface area contributed by atoms with E-state index in [2.05, 4.69) is 10.1 Å². The molecule has 0 unspecified atom stereocenters. The summed E-state index contributed by atoms with van der Waals surface area (Å²) in [6.07, 6.45) is 0.652. The maximum Gasteiger partial charge on any atom is 0.396 e. The molecule has 5 heteroatoms. The Kier molecular flexibility index (Phi) is 5.36. The molecule has 1 rings (SSSR count). The normalized spacial score (nSPS) is 9.89. The van der Waals surface area contributed by atoms with Crippen LogP contribution in [0.4, 0.5) is 0 Å². The predicted octanol–water partition coefficient (Wildman–Crippen LogP) is 1.14. The maximum absolute atomic E-state index is 11.2. The Balaban J connectivity index is 2.61. The Labute approximate surface area is 112 Å². The Bertz CT molecular complexity index is 483. The molecule has 0 saturated carbocycles. The lowest BCUT2D eigenvalue weighted by atomic mass is 10.0. The van der Waals surface area contributed by atoms with E-state index >= 15 is 0 Å². The summed E-state index contributed by atoms with van der Waals surface area (Å²) in [5, 5.41) is 2.51. The summed E-state index contributed by atoms with van der Waals surface area (Å²) in [6, 6.07) is 3.99. The first-order valence-electron chi connectivity index (χ1n) is 5.99. The number of esters is 1. The van der Waals surface area contributed by atoms with E-state index in [9.17, 15) is 9.59 Å². The number of carbonyl (C=O) groups is 2. The van der Waals surface area contributed by atoms with Crippen molar-refractivity contribution in [3.63, 3.8) is 0 Å². The van der Waals surface area contributed by atoms with E-state index in [1.165, 1.54) is 7.11 Å². The molecule has 0 aromatic heterocycles. The van der Waals surface area contributed by atoms with Crippen LogP contribution in [0, 0.1) is 13.8 Å². The minimum Gasteiger partial charge on any atom is -0.496 e. The molecular weight excluding hydrogens is 246 g/mol. The molecule has 1 aromatic rings. The van der Waals surface area contributed by atoms with Crippen LogP contribution >= 0.6 is 0 Å². The summed E-state index contributed by atoms with van der Waals surface area (Å²) in [5.74, 6) is -0.743. The summed E-state index contributed by atoms with van der Waals surface area (Å²) in [6.45, 7) is 4.34. The van der Waals surface area contributed by atoms with E-state index < -0.39 is 11.9 Å². The molecule has 0 atom stereocenters. The highest BCUT2D eigenvalue weighted by Crippen LogP contribution is 2.22. The maximum atomic E-state index is 11.2. The van der Waals surface area contributed by atoms with E-state index in [1.54, 1.807) is 7.11 Å². The molecule has 0 fully saturated rings. The van der Waals surface area contributed by atoms with Gasteiger partial charge in [0.05, 0.1) is 14.2 Å². The van der Waals surface area contributed by atoms with Crippen LogP contribution in [0.5, 0.6) is 5.75 Å². The van der Waals surface area contributed by atoms with Gasteiger partial charge in [0.25, 0.3) is 0 Å². The van der Waals surface area contributed by atoms with Crippen LogP contribution in [-0.4, -0.2) is 32.6 Å². The summed E-state index contributed by atoms with van der Waals surface area (Å²) in [4.78, 5) is 22.1. The number of hydrogen-bond donors (Lipinski definition) is 1. The fraction of sp³-hybridized carbons (Fsp3) is 0.429. The fourth-order valence-electron chi connectivity index (χ4n) is 1.81. The monoisotopic (exact) mass is 265 g/mol. The van der Waals surface area contributed by atoms with Gasteiger partial charge in [-0.25, -0.2) is 4.79 Å². The van der Waals surface area contributed by atoms with E-state index in [0.717, 1.165) is 22.4 Å². The Morgan fingerprint density at radius 2 is 1.84 bits per heavy atom. The zero-order valence-electron chi connectivity index (χ0n) is 11.7. The second-order valence-electron chi connectivity index (χ2n) is 4.25. The predicted molar refractivity (Wildman–Crippen MR) is 71.2 cm³/mol. The number of methoxy groups -OCH3 is 2. The molecule has 0 bridgehead atoms. The number of amides is 1. The van der Waals surface area contributed by atoms with E-state index in [1.807, 2.05) is 26.0 Å². The van der Waals surface area contributed by atoms with Gasteiger partial charge in [0, 0.05) is 6.54 Å². The highest BCUT2D eigenvalue weighted by atomic mass is 16.5. The van der Waals surface area contributed by atoms with Gasteiger partial charge < -0.3 is 14.8 Å². The van der Waals surface area contributed by atoms with Crippen LogP contribution in [0.1, 0.15) is 16.7 Å². The van der Waals surface area contributed by atoms with Crippen molar-refractivity contribution < 1.29 is 19.1 Å². The molecular formula is C14H19NO4. The van der Waals surface area contributed by atoms with E-state index in [0.29, 0.717) is 13.0 Å². The molecule has 5 nitrogen and oxygen atoms in total. The second kappa shape index (κ2) is 6.78. The van der Waals surface area contributed by atoms with Crippen LogP contribution in [0.15, 0.2) is 12.1 Å². The topological polar surface area (TPSA) is 64.6 Å². The van der Waals surface area contributed by atoms with Crippen molar-refractivity contribution >= 4 is 11.9 Å². The minimum atomic E-state index is -0.873. The lowest BCUT2D eigenvalue weighted by molar-refractivity contribution is -0.152. The van der Waals surface area contributed by atoms with Crippen LogP contribution in [0.3, 0.4) is 0 Å².